The zero-order valence-electron chi connectivity index (χ0n) is 35.3. The van der Waals surface area contributed by atoms with Crippen molar-refractivity contribution >= 4 is 50.0 Å². The molecule has 0 aliphatic rings. The predicted molar refractivity (Wildman–Crippen MR) is 225 cm³/mol. The van der Waals surface area contributed by atoms with Crippen LogP contribution in [0.3, 0.4) is 0 Å². The molecule has 2 rings (SSSR count). The predicted octanol–water partition coefficient (Wildman–Crippen LogP) is 6.01. The van der Waals surface area contributed by atoms with E-state index in [0.717, 1.165) is 32.0 Å². The van der Waals surface area contributed by atoms with Gasteiger partial charge >= 0.3 is 0 Å². The van der Waals surface area contributed by atoms with Crippen LogP contribution in [0, 0.1) is 0 Å². The largest absolute Gasteiger partial charge is 0.665 e. The van der Waals surface area contributed by atoms with Gasteiger partial charge in [0.15, 0.2) is 6.47 Å². The summed E-state index contributed by atoms with van der Waals surface area (Å²) in [4.78, 5) is 21.8. The molecular weight excluding hydrogens is 840 g/mol. The zero-order chi connectivity index (χ0) is 41.9. The fraction of sp³-hybridized carbons (Fsp3) is 0.650. The van der Waals surface area contributed by atoms with E-state index in [9.17, 15) is 15.0 Å². The van der Waals surface area contributed by atoms with Gasteiger partial charge in [0.2, 0.25) is 0 Å². The Balaban J connectivity index is -0.00000127. The average Bonchev–Trinajstić information content (AvgIpc) is 2.99. The van der Waals surface area contributed by atoms with Gasteiger partial charge < -0.3 is 55.4 Å². The van der Waals surface area contributed by atoms with Crippen molar-refractivity contribution in [3.8, 4) is 11.5 Å². The average molecular weight is 907 g/mol. The van der Waals surface area contributed by atoms with Crippen molar-refractivity contribution in [3.63, 3.8) is 0 Å². The monoisotopic (exact) mass is 906 g/mol. The van der Waals surface area contributed by atoms with Gasteiger partial charge in [-0.3, -0.25) is 0 Å². The summed E-state index contributed by atoms with van der Waals surface area (Å²) >= 11 is 3.61. The molecule has 8 N–H and O–H groups in total. The fourth-order valence-corrected chi connectivity index (χ4v) is 7.81. The van der Waals surface area contributed by atoms with E-state index >= 15 is 0 Å². The Labute approximate surface area is 370 Å². The number of aromatic hydroxyl groups is 1. The van der Waals surface area contributed by atoms with Gasteiger partial charge in [-0.15, -0.1) is 23.5 Å². The number of aliphatic hydroxyl groups is 5. The van der Waals surface area contributed by atoms with Crippen LogP contribution in [-0.2, 0) is 64.0 Å². The molecule has 0 aromatic heterocycles. The molecule has 0 aliphatic carbocycles. The van der Waals surface area contributed by atoms with Gasteiger partial charge in [0.05, 0.1) is 16.8 Å². The first-order valence-electron chi connectivity index (χ1n) is 17.4. The number of nitrogens with one attached hydrogen (secondary N) is 1. The maximum Gasteiger partial charge on any atom is 0.170 e. The molecule has 0 bridgehead atoms. The second kappa shape index (κ2) is 24.2. The van der Waals surface area contributed by atoms with Crippen molar-refractivity contribution in [2.75, 3.05) is 20.2 Å². The molecule has 1 radical (unpaired) electrons. The van der Waals surface area contributed by atoms with E-state index in [2.05, 4.69) is 127 Å². The number of likely N-dealkylation sites (N-methyl/N-ethyl adjacent to an activating group) is 1. The third kappa shape index (κ3) is 19.1. The maximum atomic E-state index is 11.3. The van der Waals surface area contributed by atoms with Gasteiger partial charge in [-0.2, -0.15) is 13.5 Å². The van der Waals surface area contributed by atoms with Gasteiger partial charge in [0.25, 0.3) is 0 Å². The van der Waals surface area contributed by atoms with Gasteiger partial charge in [0, 0.05) is 60.2 Å². The van der Waals surface area contributed by atoms with Crippen molar-refractivity contribution in [1.82, 2.24) is 5.32 Å². The molecule has 0 unspecified atom stereocenters. The minimum Gasteiger partial charge on any atom is -0.665 e. The molecule has 0 fully saturated rings. The number of phenolic OH excluding ortho intramolecular Hbond substituents is 1. The second-order valence-corrected chi connectivity index (χ2v) is 21.1. The van der Waals surface area contributed by atoms with E-state index in [-0.39, 0.29) is 78.5 Å². The Hall–Kier alpha value is -0.906. The van der Waals surface area contributed by atoms with Gasteiger partial charge in [-0.1, -0.05) is 113 Å². The Morgan fingerprint density at radius 3 is 1.25 bits per heavy atom. The first kappa shape index (κ1) is 58.4. The first-order chi connectivity index (χ1) is 23.9. The van der Waals surface area contributed by atoms with E-state index in [4.69, 9.17) is 35.1 Å². The molecule has 0 saturated heterocycles. The zero-order valence-corrected chi connectivity index (χ0v) is 40.8. The molecule has 55 heavy (non-hydrogen) atoms. The van der Waals surface area contributed by atoms with E-state index in [1.165, 1.54) is 0 Å². The summed E-state index contributed by atoms with van der Waals surface area (Å²) in [7, 11) is 1.57. The van der Waals surface area contributed by atoms with Crippen LogP contribution >= 0.6 is 37.0 Å². The molecule has 15 heteroatoms. The van der Waals surface area contributed by atoms with E-state index < -0.39 is 31.0 Å². The van der Waals surface area contributed by atoms with Crippen LogP contribution in [0.1, 0.15) is 119 Å². The van der Waals surface area contributed by atoms with Gasteiger partial charge in [-0.05, 0) is 60.4 Å². The fourth-order valence-electron chi connectivity index (χ4n) is 5.22. The number of aliphatic hydroxyl groups excluding tert-OH is 6. The van der Waals surface area contributed by atoms with Crippen LogP contribution in [0.5, 0.6) is 11.5 Å². The van der Waals surface area contributed by atoms with E-state index in [0.29, 0.717) is 18.0 Å². The summed E-state index contributed by atoms with van der Waals surface area (Å²) in [5.74, 6) is 1.02. The molecule has 0 heterocycles. The summed E-state index contributed by atoms with van der Waals surface area (Å²) < 4.78 is 5.26. The number of carbonyl (C=O) groups excluding carboxylic acids is 1. The summed E-state index contributed by atoms with van der Waals surface area (Å²) in [5, 5.41) is 65.4. The Morgan fingerprint density at radius 2 is 0.982 bits per heavy atom. The molecule has 0 saturated carbocycles. The third-order valence-electron chi connectivity index (χ3n) is 7.99. The molecular formula is C40H67NO10S3Y-2. The minimum absolute atomic E-state index is 0. The molecule has 4 atom stereocenters. The molecule has 0 amide bonds. The molecule has 315 valence electrons. The van der Waals surface area contributed by atoms with Gasteiger partial charge in [0.1, 0.15) is 24.1 Å². The number of rotatable bonds is 12. The Bertz CT molecular complexity index is 1400. The maximum absolute atomic E-state index is 11.3. The van der Waals surface area contributed by atoms with Gasteiger partial charge in [-0.25, -0.2) is 0 Å². The van der Waals surface area contributed by atoms with Crippen LogP contribution < -0.4 is 10.1 Å². The Morgan fingerprint density at radius 1 is 0.673 bits per heavy atom. The van der Waals surface area contributed by atoms with E-state index in [1.54, 1.807) is 25.3 Å². The number of benzene rings is 2. The molecule has 2 aromatic carbocycles. The van der Waals surface area contributed by atoms with Crippen LogP contribution in [0.15, 0.2) is 34.1 Å². The van der Waals surface area contributed by atoms with Crippen molar-refractivity contribution < 1.29 is 82.8 Å². The third-order valence-corrected chi connectivity index (χ3v) is 10.4. The molecule has 11 nitrogen and oxygen atoms in total. The minimum atomic E-state index is -1.55. The standard InChI is InChI=1S/C32H47O3S2.C7H17NO5.CHO2.H2S.Y/c1-28(2,3)22-15-20(16-23(26(22)34)29(4,5)6)36-32(13,14)37-21-17-24(30(7,8)9)27(35-19-33)25(18-21)31(10,11)12;1-8-2-4(10)6(12)7(13)5(11)3-9;2-1-3;;/h15-18,34H,1-14H3;4-13H,2-3H2,1H3;(H,2,3);1H2;/q-1;;-1;;/t;4-,5+,6+,7+;;;/m.0.../s1. The number of ether oxygens (including phenoxy) is 1. The first-order valence-corrected chi connectivity index (χ1v) is 19.0. The molecule has 0 aliphatic heterocycles. The summed E-state index contributed by atoms with van der Waals surface area (Å²) in [6.07, 6.45) is -5.65. The smallest absolute Gasteiger partial charge is 0.170 e. The summed E-state index contributed by atoms with van der Waals surface area (Å²) in [6, 6.07) is 8.62. The SMILES string of the molecule is CC(C)(Sc1cc(C(C)(C)C)c(O)c(C(C)(C)C)c1)Sc1cc(C(C)(C)C)c(O[C-]=O)c(C(C)(C)C)c1.CNC[C@H](O)[C@@H](O)[C@H](O)[C@H](O)CO.O=[C-]O.S.[Y]. The Kier molecular flexibility index (Phi) is 25.7. The van der Waals surface area contributed by atoms with Crippen LogP contribution in [-0.4, -0.2) is 97.4 Å². The van der Waals surface area contributed by atoms with Crippen molar-refractivity contribution in [1.29, 1.82) is 0 Å². The topological polar surface area (TPSA) is 197 Å². The van der Waals surface area contributed by atoms with Crippen molar-refractivity contribution in [3.05, 3.63) is 46.5 Å². The molecule has 0 spiro atoms. The number of thioether (sulfide) groups is 2. The number of hydrogen-bond acceptors (Lipinski definition) is 12. The number of phenols is 1. The number of hydrogen-bond donors (Lipinski definition) is 8. The summed E-state index contributed by atoms with van der Waals surface area (Å²) in [5.41, 5.74) is 3.18. The quantitative estimate of drug-likeness (QED) is 0.0701. The molecule has 2 aromatic rings. The second-order valence-electron chi connectivity index (χ2n) is 17.5. The van der Waals surface area contributed by atoms with Crippen LogP contribution in [0.2, 0.25) is 0 Å². The van der Waals surface area contributed by atoms with E-state index in [1.807, 2.05) is 11.8 Å². The van der Waals surface area contributed by atoms with Crippen LogP contribution in [0.4, 0.5) is 0 Å². The van der Waals surface area contributed by atoms with Crippen molar-refractivity contribution in [2.45, 2.75) is 157 Å². The van der Waals surface area contributed by atoms with Crippen molar-refractivity contribution in [2.24, 2.45) is 0 Å². The van der Waals surface area contributed by atoms with Crippen LogP contribution in [0.25, 0.3) is 0 Å². The normalized spacial score (nSPS) is 14.3. The summed E-state index contributed by atoms with van der Waals surface area (Å²) in [6.45, 7) is 31.8.